The zero-order valence-electron chi connectivity index (χ0n) is 22.1. The van der Waals surface area contributed by atoms with Gasteiger partial charge in [-0.05, 0) is 81.0 Å². The Labute approximate surface area is 223 Å². The van der Waals surface area contributed by atoms with Crippen LogP contribution in [0.1, 0.15) is 59.9 Å². The van der Waals surface area contributed by atoms with Crippen LogP contribution in [0.2, 0.25) is 0 Å². The number of aliphatic hydroxyl groups is 1. The Kier molecular flexibility index (Phi) is 6.21. The van der Waals surface area contributed by atoms with E-state index in [0.717, 1.165) is 63.2 Å². The Morgan fingerprint density at radius 1 is 1.13 bits per heavy atom. The van der Waals surface area contributed by atoms with E-state index in [1.807, 2.05) is 24.3 Å². The molecule has 202 valence electrons. The number of carbonyl (C=O) groups is 2. The highest BCUT2D eigenvalue weighted by atomic mass is 16.5. The Bertz CT molecular complexity index is 1240. The van der Waals surface area contributed by atoms with Crippen LogP contribution in [0, 0.1) is 17.8 Å². The SMILES string of the molecule is COc1cc(N2CCN(c3cccc(C(=O)NC4C5CC6CC4CC(O)(C6)C5)n3)[C@H](C)C2)ccc1C(N)=O. The van der Waals surface area contributed by atoms with Crippen LogP contribution in [-0.2, 0) is 0 Å². The molecule has 4 bridgehead atoms. The number of methoxy groups -OCH3 is 1. The summed E-state index contributed by atoms with van der Waals surface area (Å²) in [6, 6.07) is 11.4. The number of hydrogen-bond acceptors (Lipinski definition) is 7. The maximum atomic E-state index is 13.3. The van der Waals surface area contributed by atoms with Crippen molar-refractivity contribution in [1.29, 1.82) is 0 Å². The van der Waals surface area contributed by atoms with E-state index in [-0.39, 0.29) is 18.0 Å². The van der Waals surface area contributed by atoms with E-state index in [2.05, 4.69) is 22.0 Å². The van der Waals surface area contributed by atoms with Gasteiger partial charge >= 0.3 is 0 Å². The monoisotopic (exact) mass is 519 g/mol. The standard InChI is InChI=1S/C29H37N5O4/c1-17-16-33(21-6-7-22(27(30)35)24(12-21)38-2)8-9-34(17)25-5-3-4-23(31-25)28(36)32-26-19-10-18-11-20(26)15-29(37,13-18)14-19/h3-7,12,17-20,26,37H,8-11,13-16H2,1-2H3,(H2,30,35)(H,32,36)/t17-,18?,19?,20?,26?,29?/m1/s1. The van der Waals surface area contributed by atoms with Gasteiger partial charge in [0.25, 0.3) is 11.8 Å². The van der Waals surface area contributed by atoms with Gasteiger partial charge < -0.3 is 30.7 Å². The summed E-state index contributed by atoms with van der Waals surface area (Å²) in [5, 5.41) is 14.2. The second kappa shape index (κ2) is 9.45. The molecular formula is C29H37N5O4. The molecule has 2 heterocycles. The molecule has 2 aromatic rings. The number of amides is 2. The van der Waals surface area contributed by atoms with Crippen molar-refractivity contribution in [3.8, 4) is 5.75 Å². The summed E-state index contributed by atoms with van der Waals surface area (Å²) in [5.41, 5.74) is 6.73. The molecule has 2 unspecified atom stereocenters. The summed E-state index contributed by atoms with van der Waals surface area (Å²) >= 11 is 0. The third-order valence-electron chi connectivity index (χ3n) is 9.24. The summed E-state index contributed by atoms with van der Waals surface area (Å²) in [5.74, 6) is 1.97. The zero-order chi connectivity index (χ0) is 26.6. The van der Waals surface area contributed by atoms with Crippen LogP contribution in [0.15, 0.2) is 36.4 Å². The molecule has 4 saturated carbocycles. The number of primary amides is 1. The molecule has 4 N–H and O–H groups in total. The van der Waals surface area contributed by atoms with Crippen LogP contribution < -0.4 is 25.6 Å². The van der Waals surface area contributed by atoms with Crippen molar-refractivity contribution >= 4 is 23.3 Å². The Balaban J connectivity index is 1.12. The number of hydrogen-bond donors (Lipinski definition) is 3. The maximum Gasteiger partial charge on any atom is 0.270 e. The minimum Gasteiger partial charge on any atom is -0.496 e. The number of aromatic nitrogens is 1. The van der Waals surface area contributed by atoms with Gasteiger partial charge in [0.2, 0.25) is 0 Å². The van der Waals surface area contributed by atoms with Crippen LogP contribution in [0.4, 0.5) is 11.5 Å². The highest BCUT2D eigenvalue weighted by molar-refractivity contribution is 5.96. The first-order valence-electron chi connectivity index (χ1n) is 13.7. The van der Waals surface area contributed by atoms with E-state index >= 15 is 0 Å². The summed E-state index contributed by atoms with van der Waals surface area (Å²) in [6.07, 6.45) is 4.75. The van der Waals surface area contributed by atoms with Crippen LogP contribution in [0.25, 0.3) is 0 Å². The van der Waals surface area contributed by atoms with Crippen LogP contribution in [-0.4, -0.2) is 66.3 Å². The van der Waals surface area contributed by atoms with Gasteiger partial charge in [0.1, 0.15) is 17.3 Å². The molecule has 0 radical (unpaired) electrons. The molecule has 1 aromatic heterocycles. The number of rotatable bonds is 6. The number of ether oxygens (including phenoxy) is 1. The van der Waals surface area contributed by atoms with Gasteiger partial charge in [0.05, 0.1) is 18.3 Å². The molecule has 9 nitrogen and oxygen atoms in total. The lowest BCUT2D eigenvalue weighted by Gasteiger charge is -2.58. The summed E-state index contributed by atoms with van der Waals surface area (Å²) < 4.78 is 5.38. The van der Waals surface area contributed by atoms with E-state index in [9.17, 15) is 14.7 Å². The lowest BCUT2D eigenvalue weighted by molar-refractivity contribution is -0.136. The highest BCUT2D eigenvalue weighted by Gasteiger charge is 2.55. The zero-order valence-corrected chi connectivity index (χ0v) is 22.1. The smallest absolute Gasteiger partial charge is 0.270 e. The first kappa shape index (κ1) is 25.0. The Morgan fingerprint density at radius 2 is 1.89 bits per heavy atom. The van der Waals surface area contributed by atoms with Crippen LogP contribution in [0.3, 0.4) is 0 Å². The van der Waals surface area contributed by atoms with E-state index in [1.54, 1.807) is 12.1 Å². The van der Waals surface area contributed by atoms with E-state index < -0.39 is 11.5 Å². The van der Waals surface area contributed by atoms with Gasteiger partial charge in [-0.15, -0.1) is 0 Å². The van der Waals surface area contributed by atoms with Crippen molar-refractivity contribution in [2.45, 2.75) is 56.7 Å². The highest BCUT2D eigenvalue weighted by Crippen LogP contribution is 2.55. The number of anilines is 2. The van der Waals surface area contributed by atoms with Gasteiger partial charge in [-0.2, -0.15) is 0 Å². The molecule has 5 fully saturated rings. The maximum absolute atomic E-state index is 13.3. The van der Waals surface area contributed by atoms with Crippen molar-refractivity contribution in [2.24, 2.45) is 23.5 Å². The number of pyridine rings is 1. The molecule has 9 heteroatoms. The minimum absolute atomic E-state index is 0.121. The second-order valence-corrected chi connectivity index (χ2v) is 11.8. The average molecular weight is 520 g/mol. The van der Waals surface area contributed by atoms with Crippen molar-refractivity contribution in [2.75, 3.05) is 36.5 Å². The predicted octanol–water partition coefficient (Wildman–Crippen LogP) is 2.57. The third kappa shape index (κ3) is 4.46. The third-order valence-corrected chi connectivity index (χ3v) is 9.24. The molecule has 1 aromatic carbocycles. The normalized spacial score (nSPS) is 31.8. The fraction of sp³-hybridized carbons (Fsp3) is 0.552. The van der Waals surface area contributed by atoms with E-state index in [1.165, 1.54) is 7.11 Å². The van der Waals surface area contributed by atoms with Gasteiger partial charge in [-0.1, -0.05) is 6.07 Å². The van der Waals surface area contributed by atoms with Crippen molar-refractivity contribution in [3.05, 3.63) is 47.7 Å². The van der Waals surface area contributed by atoms with Crippen molar-refractivity contribution in [3.63, 3.8) is 0 Å². The number of piperazine rings is 1. The Hall–Kier alpha value is -3.33. The van der Waals surface area contributed by atoms with Crippen LogP contribution in [0.5, 0.6) is 5.75 Å². The van der Waals surface area contributed by atoms with Gasteiger partial charge in [-0.25, -0.2) is 4.98 Å². The largest absolute Gasteiger partial charge is 0.496 e. The predicted molar refractivity (Wildman–Crippen MR) is 145 cm³/mol. The number of benzene rings is 1. The molecule has 5 aliphatic rings. The molecule has 3 atom stereocenters. The Morgan fingerprint density at radius 3 is 2.55 bits per heavy atom. The second-order valence-electron chi connectivity index (χ2n) is 11.8. The fourth-order valence-corrected chi connectivity index (χ4v) is 7.76. The van der Waals surface area contributed by atoms with Gasteiger partial charge in [0, 0.05) is 43.5 Å². The number of carbonyl (C=O) groups excluding carboxylic acids is 2. The summed E-state index contributed by atoms with van der Waals surface area (Å²) in [4.78, 5) is 34.2. The first-order chi connectivity index (χ1) is 18.2. The van der Waals surface area contributed by atoms with E-state index in [4.69, 9.17) is 15.5 Å². The quantitative estimate of drug-likeness (QED) is 0.536. The van der Waals surface area contributed by atoms with Gasteiger partial charge in [-0.3, -0.25) is 9.59 Å². The molecule has 38 heavy (non-hydrogen) atoms. The summed E-state index contributed by atoms with van der Waals surface area (Å²) in [6.45, 7) is 4.41. The van der Waals surface area contributed by atoms with Crippen molar-refractivity contribution < 1.29 is 19.4 Å². The van der Waals surface area contributed by atoms with E-state index in [0.29, 0.717) is 34.8 Å². The topological polar surface area (TPSA) is 121 Å². The molecule has 1 aliphatic heterocycles. The molecule has 1 saturated heterocycles. The lowest BCUT2D eigenvalue weighted by Crippen LogP contribution is -2.61. The molecule has 7 rings (SSSR count). The fourth-order valence-electron chi connectivity index (χ4n) is 7.76. The summed E-state index contributed by atoms with van der Waals surface area (Å²) in [7, 11) is 1.53. The van der Waals surface area contributed by atoms with Crippen LogP contribution >= 0.6 is 0 Å². The molecule has 0 spiro atoms. The van der Waals surface area contributed by atoms with Gasteiger partial charge in [0.15, 0.2) is 0 Å². The number of nitrogens with two attached hydrogens (primary N) is 1. The number of nitrogens with zero attached hydrogens (tertiary/aromatic N) is 3. The minimum atomic E-state index is -0.512. The lowest BCUT2D eigenvalue weighted by atomic mass is 9.52. The average Bonchev–Trinajstić information content (AvgIpc) is 2.89. The number of nitrogens with one attached hydrogen (secondary N) is 1. The molecule has 2 amide bonds. The molecular weight excluding hydrogens is 482 g/mol. The first-order valence-corrected chi connectivity index (χ1v) is 13.7. The van der Waals surface area contributed by atoms with Crippen molar-refractivity contribution in [1.82, 2.24) is 10.3 Å². The molecule has 4 aliphatic carbocycles.